The normalized spacial score (nSPS) is 25.9. The summed E-state index contributed by atoms with van der Waals surface area (Å²) >= 11 is 0. The summed E-state index contributed by atoms with van der Waals surface area (Å²) < 4.78 is 16.7. The number of hydrogen-bond donors (Lipinski definition) is 1. The van der Waals surface area contributed by atoms with Crippen molar-refractivity contribution in [1.29, 1.82) is 0 Å². The van der Waals surface area contributed by atoms with Crippen molar-refractivity contribution in [3.63, 3.8) is 0 Å². The number of carboxylic acid groups (broad SMARTS) is 1. The Balaban J connectivity index is 2.47. The highest BCUT2D eigenvalue weighted by molar-refractivity contribution is 5.67. The molecule has 0 bridgehead atoms. The Hall–Kier alpha value is -1.35. The number of ether oxygens (including phenoxy) is 3. The highest BCUT2D eigenvalue weighted by atomic mass is 16.5. The molecule has 0 aromatic rings. The first-order valence-electron chi connectivity index (χ1n) is 8.50. The third-order valence-corrected chi connectivity index (χ3v) is 4.44. The molecular formula is C19H30O5. The summed E-state index contributed by atoms with van der Waals surface area (Å²) in [5, 5.41) is 8.96. The maximum Gasteiger partial charge on any atom is 0.305 e. The van der Waals surface area contributed by atoms with Gasteiger partial charge < -0.3 is 19.3 Å². The average molecular weight is 338 g/mol. The van der Waals surface area contributed by atoms with Crippen LogP contribution in [-0.4, -0.2) is 49.7 Å². The third kappa shape index (κ3) is 7.96. The fourth-order valence-corrected chi connectivity index (χ4v) is 2.99. The fraction of sp³-hybridized carbons (Fsp3) is 0.737. The minimum atomic E-state index is -0.832. The molecule has 1 N–H and O–H groups in total. The van der Waals surface area contributed by atoms with Gasteiger partial charge in [-0.15, -0.1) is 12.3 Å². The van der Waals surface area contributed by atoms with Crippen LogP contribution >= 0.6 is 0 Å². The number of terminal acetylenes is 1. The van der Waals surface area contributed by atoms with E-state index < -0.39 is 5.97 Å². The van der Waals surface area contributed by atoms with Crippen molar-refractivity contribution in [2.75, 3.05) is 14.2 Å². The summed E-state index contributed by atoms with van der Waals surface area (Å²) in [6, 6.07) is 0. The Morgan fingerprint density at radius 3 is 2.71 bits per heavy atom. The van der Waals surface area contributed by atoms with Gasteiger partial charge in [0.1, 0.15) is 0 Å². The van der Waals surface area contributed by atoms with Crippen LogP contribution in [0.4, 0.5) is 0 Å². The minimum absolute atomic E-state index is 0.00642. The number of hydrogen-bond acceptors (Lipinski definition) is 4. The second kappa shape index (κ2) is 11.2. The molecule has 0 aromatic carbocycles. The standard InChI is InChI=1S/C19H30O5/c1-5-6-15(22-3)9-7-14(2)8-10-16-11-17(23-4)12-18(24-16)13-19(20)21/h1,8,15-18H,6-7,9-13H2,2-4H3,(H,20,21)/b14-8+. The van der Waals surface area contributed by atoms with Crippen LogP contribution in [0.5, 0.6) is 0 Å². The molecule has 1 rings (SSSR count). The lowest BCUT2D eigenvalue weighted by Gasteiger charge is -2.34. The summed E-state index contributed by atoms with van der Waals surface area (Å²) in [5.74, 6) is 1.80. The van der Waals surface area contributed by atoms with Gasteiger partial charge in [-0.2, -0.15) is 0 Å². The lowest BCUT2D eigenvalue weighted by Crippen LogP contribution is -2.37. The molecule has 0 spiro atoms. The molecule has 0 amide bonds. The molecule has 1 aliphatic heterocycles. The summed E-state index contributed by atoms with van der Waals surface area (Å²) in [6.45, 7) is 2.09. The van der Waals surface area contributed by atoms with Crippen molar-refractivity contribution in [3.8, 4) is 12.3 Å². The average Bonchev–Trinajstić information content (AvgIpc) is 2.55. The predicted octanol–water partition coefficient (Wildman–Crippen LogP) is 3.18. The van der Waals surface area contributed by atoms with Gasteiger partial charge in [0.15, 0.2) is 0 Å². The van der Waals surface area contributed by atoms with E-state index in [1.54, 1.807) is 14.2 Å². The van der Waals surface area contributed by atoms with Crippen LogP contribution in [0.15, 0.2) is 11.6 Å². The van der Waals surface area contributed by atoms with Gasteiger partial charge in [-0.05, 0) is 26.2 Å². The van der Waals surface area contributed by atoms with Crippen molar-refractivity contribution in [3.05, 3.63) is 11.6 Å². The summed E-state index contributed by atoms with van der Waals surface area (Å²) in [6.07, 6.45) is 12.1. The highest BCUT2D eigenvalue weighted by Crippen LogP contribution is 2.26. The van der Waals surface area contributed by atoms with Crippen LogP contribution in [0.2, 0.25) is 0 Å². The predicted molar refractivity (Wildman–Crippen MR) is 92.8 cm³/mol. The SMILES string of the molecule is C#CCC(CC/C(C)=C/CC1CC(OC)CC(CC(=O)O)O1)OC. The molecule has 0 saturated carbocycles. The monoisotopic (exact) mass is 338 g/mol. The largest absolute Gasteiger partial charge is 0.481 e. The number of methoxy groups -OCH3 is 2. The molecule has 0 aromatic heterocycles. The molecule has 5 nitrogen and oxygen atoms in total. The van der Waals surface area contributed by atoms with Gasteiger partial charge in [-0.25, -0.2) is 0 Å². The molecule has 1 fully saturated rings. The molecule has 136 valence electrons. The summed E-state index contributed by atoms with van der Waals surface area (Å²) in [5.41, 5.74) is 1.27. The first-order valence-corrected chi connectivity index (χ1v) is 8.50. The number of aliphatic carboxylic acids is 1. The third-order valence-electron chi connectivity index (χ3n) is 4.44. The van der Waals surface area contributed by atoms with Gasteiger partial charge in [-0.3, -0.25) is 4.79 Å². The van der Waals surface area contributed by atoms with Crippen molar-refractivity contribution >= 4 is 5.97 Å². The van der Waals surface area contributed by atoms with E-state index in [-0.39, 0.29) is 30.8 Å². The van der Waals surface area contributed by atoms with Crippen molar-refractivity contribution in [2.24, 2.45) is 0 Å². The van der Waals surface area contributed by atoms with Crippen LogP contribution in [0.3, 0.4) is 0 Å². The zero-order valence-electron chi connectivity index (χ0n) is 15.0. The van der Waals surface area contributed by atoms with E-state index >= 15 is 0 Å². The van der Waals surface area contributed by atoms with Crippen molar-refractivity contribution in [1.82, 2.24) is 0 Å². The lowest BCUT2D eigenvalue weighted by atomic mass is 9.96. The van der Waals surface area contributed by atoms with E-state index in [0.717, 1.165) is 25.7 Å². The molecule has 0 aliphatic carbocycles. The van der Waals surface area contributed by atoms with E-state index in [9.17, 15) is 4.79 Å². The second-order valence-electron chi connectivity index (χ2n) is 6.40. The number of carboxylic acids is 1. The molecule has 4 atom stereocenters. The Morgan fingerprint density at radius 2 is 2.12 bits per heavy atom. The zero-order chi connectivity index (χ0) is 17.9. The summed E-state index contributed by atoms with van der Waals surface area (Å²) in [7, 11) is 3.35. The smallest absolute Gasteiger partial charge is 0.305 e. The van der Waals surface area contributed by atoms with E-state index in [4.69, 9.17) is 25.7 Å². The number of rotatable bonds is 10. The van der Waals surface area contributed by atoms with Crippen LogP contribution in [-0.2, 0) is 19.0 Å². The maximum absolute atomic E-state index is 10.9. The van der Waals surface area contributed by atoms with Crippen LogP contribution in [0, 0.1) is 12.3 Å². The van der Waals surface area contributed by atoms with Crippen LogP contribution in [0.1, 0.15) is 51.9 Å². The van der Waals surface area contributed by atoms with Gasteiger partial charge >= 0.3 is 5.97 Å². The Bertz CT molecular complexity index is 451. The first-order chi connectivity index (χ1) is 11.5. The molecule has 1 heterocycles. The van der Waals surface area contributed by atoms with Crippen LogP contribution in [0.25, 0.3) is 0 Å². The van der Waals surface area contributed by atoms with Gasteiger partial charge in [-0.1, -0.05) is 11.6 Å². The number of allylic oxidation sites excluding steroid dienone is 1. The van der Waals surface area contributed by atoms with Gasteiger partial charge in [0.2, 0.25) is 0 Å². The Kier molecular flexibility index (Phi) is 9.70. The van der Waals surface area contributed by atoms with E-state index in [1.165, 1.54) is 5.57 Å². The Labute approximate surface area is 145 Å². The topological polar surface area (TPSA) is 65.0 Å². The van der Waals surface area contributed by atoms with E-state index in [2.05, 4.69) is 18.9 Å². The van der Waals surface area contributed by atoms with E-state index in [1.807, 2.05) is 0 Å². The molecule has 5 heteroatoms. The number of carbonyl (C=O) groups is 1. The van der Waals surface area contributed by atoms with Gasteiger partial charge in [0.05, 0.1) is 30.8 Å². The molecule has 24 heavy (non-hydrogen) atoms. The second-order valence-corrected chi connectivity index (χ2v) is 6.40. The minimum Gasteiger partial charge on any atom is -0.481 e. The molecule has 1 saturated heterocycles. The zero-order valence-corrected chi connectivity index (χ0v) is 15.0. The highest BCUT2D eigenvalue weighted by Gasteiger charge is 2.30. The molecule has 0 radical (unpaired) electrons. The van der Waals surface area contributed by atoms with Gasteiger partial charge in [0.25, 0.3) is 0 Å². The first kappa shape index (κ1) is 20.7. The Morgan fingerprint density at radius 1 is 1.42 bits per heavy atom. The lowest BCUT2D eigenvalue weighted by molar-refractivity contribution is -0.147. The molecular weight excluding hydrogens is 308 g/mol. The van der Waals surface area contributed by atoms with E-state index in [0.29, 0.717) is 12.8 Å². The van der Waals surface area contributed by atoms with Gasteiger partial charge in [0, 0.05) is 33.5 Å². The van der Waals surface area contributed by atoms with Crippen LogP contribution < -0.4 is 0 Å². The van der Waals surface area contributed by atoms with Crippen molar-refractivity contribution in [2.45, 2.75) is 76.3 Å². The molecule has 1 aliphatic rings. The maximum atomic E-state index is 10.9. The quantitative estimate of drug-likeness (QED) is 0.489. The molecule has 4 unspecified atom stereocenters. The fourth-order valence-electron chi connectivity index (χ4n) is 2.99. The summed E-state index contributed by atoms with van der Waals surface area (Å²) in [4.78, 5) is 10.9. The van der Waals surface area contributed by atoms with Crippen molar-refractivity contribution < 1.29 is 24.1 Å².